The van der Waals surface area contributed by atoms with Gasteiger partial charge in [-0.3, -0.25) is 0 Å². The standard InChI is InChI=1S/C41H40N2/c1-3-4-7-12-33(2)31-32-42-38-27-21-35(22-28-38)18-17-34-19-23-36(24-20-34)37-25-29-41(30-26-37)43(39-13-8-5-9-14-39)40-15-10-6-11-16-40/h3-30,33,42H,31-32H2,1-2H3. The van der Waals surface area contributed by atoms with E-state index in [1.165, 1.54) is 22.3 Å². The smallest absolute Gasteiger partial charge is 0.0462 e. The molecule has 0 spiro atoms. The van der Waals surface area contributed by atoms with Crippen molar-refractivity contribution in [1.29, 1.82) is 0 Å². The number of nitrogens with zero attached hydrogens (tertiary/aromatic N) is 1. The van der Waals surface area contributed by atoms with Crippen molar-refractivity contribution in [3.05, 3.63) is 169 Å². The van der Waals surface area contributed by atoms with Gasteiger partial charge in [0.05, 0.1) is 0 Å². The molecule has 0 aliphatic heterocycles. The van der Waals surface area contributed by atoms with Crippen molar-refractivity contribution in [2.24, 2.45) is 5.92 Å². The molecule has 0 fully saturated rings. The molecular weight excluding hydrogens is 520 g/mol. The molecule has 1 atom stereocenters. The number of hydrogen-bond donors (Lipinski definition) is 1. The maximum Gasteiger partial charge on any atom is 0.0462 e. The fourth-order valence-electron chi connectivity index (χ4n) is 5.00. The number of para-hydroxylation sites is 2. The highest BCUT2D eigenvalue weighted by atomic mass is 15.1. The molecule has 0 aliphatic rings. The summed E-state index contributed by atoms with van der Waals surface area (Å²) in [5.41, 5.74) is 9.35. The molecular formula is C41H40N2. The van der Waals surface area contributed by atoms with E-state index in [0.717, 1.165) is 35.7 Å². The molecule has 5 rings (SSSR count). The monoisotopic (exact) mass is 560 g/mol. The Labute approximate surface area is 257 Å². The molecule has 0 saturated heterocycles. The Hall–Kier alpha value is -5.08. The minimum atomic E-state index is 0.557. The highest BCUT2D eigenvalue weighted by Crippen LogP contribution is 2.35. The van der Waals surface area contributed by atoms with Gasteiger partial charge in [-0.2, -0.15) is 0 Å². The topological polar surface area (TPSA) is 15.3 Å². The molecule has 1 N–H and O–H groups in total. The first-order valence-corrected chi connectivity index (χ1v) is 15.1. The highest BCUT2D eigenvalue weighted by Gasteiger charge is 2.11. The highest BCUT2D eigenvalue weighted by molar-refractivity contribution is 5.78. The summed E-state index contributed by atoms with van der Waals surface area (Å²) in [5.74, 6) is 0.557. The molecule has 5 aromatic rings. The Bertz CT molecular complexity index is 1570. The van der Waals surface area contributed by atoms with E-state index in [1.807, 2.05) is 6.92 Å². The summed E-state index contributed by atoms with van der Waals surface area (Å²) in [6.45, 7) is 5.26. The normalized spacial score (nSPS) is 12.2. The van der Waals surface area contributed by atoms with Gasteiger partial charge in [0.25, 0.3) is 0 Å². The van der Waals surface area contributed by atoms with E-state index in [2.05, 4.69) is 187 Å². The molecule has 0 aliphatic carbocycles. The molecule has 0 amide bonds. The van der Waals surface area contributed by atoms with Crippen molar-refractivity contribution in [2.75, 3.05) is 16.8 Å². The molecule has 5 aromatic carbocycles. The number of rotatable bonds is 12. The number of allylic oxidation sites excluding steroid dienone is 4. The lowest BCUT2D eigenvalue weighted by Crippen LogP contribution is -2.09. The lowest BCUT2D eigenvalue weighted by Gasteiger charge is -2.25. The SMILES string of the molecule is CC=CC=CC(C)CCNc1ccc(C=Cc2ccc(-c3ccc(N(c4ccccc4)c4ccccc4)cc3)cc2)cc1. The lowest BCUT2D eigenvalue weighted by molar-refractivity contribution is 0.673. The van der Waals surface area contributed by atoms with Crippen LogP contribution in [0.2, 0.25) is 0 Å². The van der Waals surface area contributed by atoms with Crippen LogP contribution in [0.3, 0.4) is 0 Å². The summed E-state index contributed by atoms with van der Waals surface area (Å²) in [6.07, 6.45) is 14.0. The minimum absolute atomic E-state index is 0.557. The fourth-order valence-corrected chi connectivity index (χ4v) is 5.00. The van der Waals surface area contributed by atoms with E-state index in [-0.39, 0.29) is 0 Å². The van der Waals surface area contributed by atoms with Crippen molar-refractivity contribution >= 4 is 34.9 Å². The predicted octanol–water partition coefficient (Wildman–Crippen LogP) is 11.6. The Morgan fingerprint density at radius 1 is 0.581 bits per heavy atom. The molecule has 0 aromatic heterocycles. The predicted molar refractivity (Wildman–Crippen MR) is 188 cm³/mol. The van der Waals surface area contributed by atoms with Crippen molar-refractivity contribution < 1.29 is 0 Å². The number of hydrogen-bond acceptors (Lipinski definition) is 2. The van der Waals surface area contributed by atoms with E-state index >= 15 is 0 Å². The van der Waals surface area contributed by atoms with E-state index in [4.69, 9.17) is 0 Å². The van der Waals surface area contributed by atoms with E-state index < -0.39 is 0 Å². The zero-order chi connectivity index (χ0) is 29.7. The zero-order valence-electron chi connectivity index (χ0n) is 25.1. The van der Waals surface area contributed by atoms with Gasteiger partial charge in [0.15, 0.2) is 0 Å². The van der Waals surface area contributed by atoms with Gasteiger partial charge < -0.3 is 10.2 Å². The van der Waals surface area contributed by atoms with Crippen molar-refractivity contribution in [3.63, 3.8) is 0 Å². The number of benzene rings is 5. The zero-order valence-corrected chi connectivity index (χ0v) is 25.1. The third-order valence-electron chi connectivity index (χ3n) is 7.45. The van der Waals surface area contributed by atoms with Gasteiger partial charge in [-0.25, -0.2) is 0 Å². The van der Waals surface area contributed by atoms with Crippen LogP contribution in [0, 0.1) is 5.92 Å². The summed E-state index contributed by atoms with van der Waals surface area (Å²) >= 11 is 0. The Morgan fingerprint density at radius 2 is 1.07 bits per heavy atom. The van der Waals surface area contributed by atoms with Gasteiger partial charge in [0.1, 0.15) is 0 Å². The molecule has 43 heavy (non-hydrogen) atoms. The summed E-state index contributed by atoms with van der Waals surface area (Å²) in [5, 5.41) is 3.54. The van der Waals surface area contributed by atoms with Crippen LogP contribution in [0.25, 0.3) is 23.3 Å². The van der Waals surface area contributed by atoms with Crippen molar-refractivity contribution in [1.82, 2.24) is 0 Å². The van der Waals surface area contributed by atoms with Gasteiger partial charge in [-0.1, -0.05) is 128 Å². The van der Waals surface area contributed by atoms with Crippen LogP contribution in [0.5, 0.6) is 0 Å². The molecule has 0 radical (unpaired) electrons. The van der Waals surface area contributed by atoms with Crippen LogP contribution < -0.4 is 10.2 Å². The summed E-state index contributed by atoms with van der Waals surface area (Å²) in [6, 6.07) is 47.2. The van der Waals surface area contributed by atoms with Gasteiger partial charge in [0, 0.05) is 29.3 Å². The second-order valence-corrected chi connectivity index (χ2v) is 10.7. The van der Waals surface area contributed by atoms with Gasteiger partial charge in [-0.05, 0) is 90.0 Å². The van der Waals surface area contributed by atoms with Gasteiger partial charge in [0.2, 0.25) is 0 Å². The van der Waals surface area contributed by atoms with Crippen molar-refractivity contribution in [3.8, 4) is 11.1 Å². The molecule has 214 valence electrons. The third-order valence-corrected chi connectivity index (χ3v) is 7.45. The lowest BCUT2D eigenvalue weighted by atomic mass is 10.0. The van der Waals surface area contributed by atoms with Crippen LogP contribution in [0.15, 0.2) is 158 Å². The first-order valence-electron chi connectivity index (χ1n) is 15.1. The van der Waals surface area contributed by atoms with E-state index in [9.17, 15) is 0 Å². The van der Waals surface area contributed by atoms with Crippen LogP contribution in [-0.2, 0) is 0 Å². The molecule has 0 heterocycles. The van der Waals surface area contributed by atoms with E-state index in [0.29, 0.717) is 5.92 Å². The number of anilines is 4. The quantitative estimate of drug-likeness (QED) is 0.121. The number of nitrogens with one attached hydrogen (secondary N) is 1. The molecule has 2 nitrogen and oxygen atoms in total. The Kier molecular flexibility index (Phi) is 10.4. The van der Waals surface area contributed by atoms with Gasteiger partial charge >= 0.3 is 0 Å². The summed E-state index contributed by atoms with van der Waals surface area (Å²) < 4.78 is 0. The second kappa shape index (κ2) is 15.2. The van der Waals surface area contributed by atoms with Crippen LogP contribution in [0.1, 0.15) is 31.4 Å². The maximum atomic E-state index is 3.54. The maximum absolute atomic E-state index is 3.54. The second-order valence-electron chi connectivity index (χ2n) is 10.7. The molecule has 0 saturated carbocycles. The van der Waals surface area contributed by atoms with E-state index in [1.54, 1.807) is 0 Å². The summed E-state index contributed by atoms with van der Waals surface area (Å²) in [4.78, 5) is 2.28. The van der Waals surface area contributed by atoms with Crippen LogP contribution in [-0.4, -0.2) is 6.54 Å². The fraction of sp³-hybridized carbons (Fsp3) is 0.122. The Balaban J connectivity index is 1.19. The van der Waals surface area contributed by atoms with Crippen molar-refractivity contribution in [2.45, 2.75) is 20.3 Å². The first kappa shape index (κ1) is 29.4. The van der Waals surface area contributed by atoms with Crippen LogP contribution in [0.4, 0.5) is 22.7 Å². The molecule has 0 bridgehead atoms. The average molecular weight is 561 g/mol. The third kappa shape index (κ3) is 8.47. The average Bonchev–Trinajstić information content (AvgIpc) is 3.06. The largest absolute Gasteiger partial charge is 0.385 e. The first-order chi connectivity index (χ1) is 21.2. The molecule has 1 unspecified atom stereocenters. The van der Waals surface area contributed by atoms with Crippen LogP contribution >= 0.6 is 0 Å². The molecule has 2 heteroatoms. The minimum Gasteiger partial charge on any atom is -0.385 e. The summed E-state index contributed by atoms with van der Waals surface area (Å²) in [7, 11) is 0. The van der Waals surface area contributed by atoms with Gasteiger partial charge in [-0.15, -0.1) is 0 Å². The Morgan fingerprint density at radius 3 is 1.60 bits per heavy atom.